The molecule has 0 spiro atoms. The Morgan fingerprint density at radius 2 is 2.47 bits per heavy atom. The van der Waals surface area contributed by atoms with Crippen LogP contribution >= 0.6 is 40.8 Å². The highest BCUT2D eigenvalue weighted by atomic mass is 79.9. The molecule has 1 rings (SSSR count). The number of esters is 1. The van der Waals surface area contributed by atoms with Gasteiger partial charge in [0.05, 0.1) is 11.1 Å². The number of nitrogens with one attached hydrogen (secondary N) is 1. The number of carbonyl (C=O) groups is 1. The van der Waals surface area contributed by atoms with Crippen LogP contribution in [0.5, 0.6) is 0 Å². The minimum atomic E-state index is -0.901. The number of halogens is 1. The first-order chi connectivity index (χ1) is 8.92. The van der Waals surface area contributed by atoms with Crippen LogP contribution < -0.4 is 0 Å². The number of thiol groups is 1. The number of aromatic amines is 1. The van der Waals surface area contributed by atoms with Crippen LogP contribution in [-0.4, -0.2) is 27.5 Å². The third-order valence-electron chi connectivity index (χ3n) is 2.63. The second kappa shape index (κ2) is 7.12. The van der Waals surface area contributed by atoms with Crippen molar-refractivity contribution in [2.45, 2.75) is 30.3 Å². The van der Waals surface area contributed by atoms with E-state index < -0.39 is 5.54 Å². The van der Waals surface area contributed by atoms with Gasteiger partial charge in [0.15, 0.2) is 4.77 Å². The number of alkyl halides is 1. The molecule has 0 amide bonds. The highest BCUT2D eigenvalue weighted by Crippen LogP contribution is 2.24. The summed E-state index contributed by atoms with van der Waals surface area (Å²) in [6.45, 7) is 2.05. The standard InChI is InChI=1S/C11H14BrN3O2S2/c1-11(7-13,3-2-9(16)17-5-4-12)15-6-8(18)14-10(15)19/h6,18H,2-5H2,1H3,(H,14,19). The zero-order valence-corrected chi connectivity index (χ0v) is 13.6. The van der Waals surface area contributed by atoms with E-state index >= 15 is 0 Å². The van der Waals surface area contributed by atoms with E-state index in [-0.39, 0.29) is 12.4 Å². The lowest BCUT2D eigenvalue weighted by atomic mass is 9.97. The van der Waals surface area contributed by atoms with Crippen molar-refractivity contribution < 1.29 is 9.53 Å². The van der Waals surface area contributed by atoms with Crippen molar-refractivity contribution >= 4 is 46.7 Å². The maximum absolute atomic E-state index is 11.5. The van der Waals surface area contributed by atoms with Crippen LogP contribution in [0.4, 0.5) is 0 Å². The molecule has 1 aromatic rings. The number of imidazole rings is 1. The van der Waals surface area contributed by atoms with E-state index in [0.717, 1.165) is 0 Å². The maximum Gasteiger partial charge on any atom is 0.305 e. The number of hydrogen-bond acceptors (Lipinski definition) is 5. The Labute approximate surface area is 130 Å². The van der Waals surface area contributed by atoms with Crippen molar-refractivity contribution in [3.8, 4) is 6.07 Å². The van der Waals surface area contributed by atoms with Crippen molar-refractivity contribution in [1.29, 1.82) is 5.26 Å². The lowest BCUT2D eigenvalue weighted by molar-refractivity contribution is -0.143. The first-order valence-corrected chi connectivity index (χ1v) is 7.54. The third-order valence-corrected chi connectivity index (χ3v) is 3.48. The van der Waals surface area contributed by atoms with Crippen LogP contribution in [0.15, 0.2) is 11.2 Å². The quantitative estimate of drug-likeness (QED) is 0.352. The average molecular weight is 364 g/mol. The lowest BCUT2D eigenvalue weighted by Gasteiger charge is -2.22. The highest BCUT2D eigenvalue weighted by Gasteiger charge is 2.28. The Hall–Kier alpha value is -0.780. The third kappa shape index (κ3) is 4.37. The van der Waals surface area contributed by atoms with Gasteiger partial charge in [0.25, 0.3) is 0 Å². The molecule has 104 valence electrons. The predicted molar refractivity (Wildman–Crippen MR) is 80.1 cm³/mol. The Morgan fingerprint density at radius 1 is 1.79 bits per heavy atom. The molecule has 0 aliphatic carbocycles. The molecule has 0 aliphatic heterocycles. The SMILES string of the molecule is CC(C#N)(CCC(=O)OCCBr)n1cc(S)[nH]c1=S. The summed E-state index contributed by atoms with van der Waals surface area (Å²) in [6, 6.07) is 2.19. The van der Waals surface area contributed by atoms with E-state index in [1.54, 1.807) is 17.7 Å². The van der Waals surface area contributed by atoms with Gasteiger partial charge >= 0.3 is 5.97 Å². The van der Waals surface area contributed by atoms with Crippen LogP contribution in [-0.2, 0) is 15.1 Å². The lowest BCUT2D eigenvalue weighted by Crippen LogP contribution is -2.29. The van der Waals surface area contributed by atoms with Crippen LogP contribution in [0.3, 0.4) is 0 Å². The second-order valence-corrected chi connectivity index (χ2v) is 5.77. The molecule has 0 aliphatic rings. The summed E-state index contributed by atoms with van der Waals surface area (Å²) in [4.78, 5) is 14.3. The summed E-state index contributed by atoms with van der Waals surface area (Å²) in [5.74, 6) is -0.325. The molecular weight excluding hydrogens is 350 g/mol. The molecule has 8 heteroatoms. The zero-order valence-electron chi connectivity index (χ0n) is 10.4. The van der Waals surface area contributed by atoms with E-state index in [4.69, 9.17) is 17.0 Å². The number of nitrogens with zero attached hydrogens (tertiary/aromatic N) is 2. The minimum Gasteiger partial charge on any atom is -0.465 e. The fourth-order valence-electron chi connectivity index (χ4n) is 1.55. The van der Waals surface area contributed by atoms with Crippen molar-refractivity contribution in [3.05, 3.63) is 11.0 Å². The van der Waals surface area contributed by atoms with E-state index in [2.05, 4.69) is 39.6 Å². The molecule has 19 heavy (non-hydrogen) atoms. The first kappa shape index (κ1) is 16.3. The van der Waals surface area contributed by atoms with Gasteiger partial charge in [-0.05, 0) is 25.6 Å². The predicted octanol–water partition coefficient (Wildman–Crippen LogP) is 2.79. The fraction of sp³-hybridized carbons (Fsp3) is 0.545. The van der Waals surface area contributed by atoms with Gasteiger partial charge in [-0.15, -0.1) is 12.6 Å². The van der Waals surface area contributed by atoms with Crippen LogP contribution in [0.2, 0.25) is 0 Å². The smallest absolute Gasteiger partial charge is 0.305 e. The van der Waals surface area contributed by atoms with Crippen molar-refractivity contribution in [3.63, 3.8) is 0 Å². The van der Waals surface area contributed by atoms with Gasteiger partial charge in [-0.2, -0.15) is 5.26 Å². The molecule has 0 radical (unpaired) electrons. The Bertz CT molecular complexity index is 549. The highest BCUT2D eigenvalue weighted by molar-refractivity contribution is 9.09. The average Bonchev–Trinajstić information content (AvgIpc) is 2.73. The number of ether oxygens (including phenoxy) is 1. The second-order valence-electron chi connectivity index (χ2n) is 4.11. The van der Waals surface area contributed by atoms with Gasteiger partial charge in [-0.25, -0.2) is 0 Å². The van der Waals surface area contributed by atoms with Crippen LogP contribution in [0, 0.1) is 16.1 Å². The van der Waals surface area contributed by atoms with Gasteiger partial charge < -0.3 is 14.3 Å². The van der Waals surface area contributed by atoms with Gasteiger partial charge in [0.2, 0.25) is 0 Å². The van der Waals surface area contributed by atoms with E-state index in [1.807, 2.05) is 0 Å². The van der Waals surface area contributed by atoms with Crippen molar-refractivity contribution in [1.82, 2.24) is 9.55 Å². The monoisotopic (exact) mass is 363 g/mol. The number of rotatable bonds is 6. The van der Waals surface area contributed by atoms with Crippen molar-refractivity contribution in [2.75, 3.05) is 11.9 Å². The Balaban J connectivity index is 2.77. The Kier molecular flexibility index (Phi) is 6.10. The number of hydrogen-bond donors (Lipinski definition) is 2. The van der Waals surface area contributed by atoms with Gasteiger partial charge in [0, 0.05) is 17.9 Å². The summed E-state index contributed by atoms with van der Waals surface area (Å²) >= 11 is 12.4. The van der Waals surface area contributed by atoms with Gasteiger partial charge in [-0.1, -0.05) is 15.9 Å². The van der Waals surface area contributed by atoms with Crippen LogP contribution in [0.1, 0.15) is 19.8 Å². The van der Waals surface area contributed by atoms with E-state index in [0.29, 0.717) is 28.2 Å². The topological polar surface area (TPSA) is 70.8 Å². The normalized spacial score (nSPS) is 13.6. The van der Waals surface area contributed by atoms with Crippen LogP contribution in [0.25, 0.3) is 0 Å². The molecule has 5 nitrogen and oxygen atoms in total. The van der Waals surface area contributed by atoms with Gasteiger partial charge in [0.1, 0.15) is 12.1 Å². The molecule has 0 aromatic carbocycles. The largest absolute Gasteiger partial charge is 0.465 e. The van der Waals surface area contributed by atoms with E-state index in [9.17, 15) is 10.1 Å². The minimum absolute atomic E-state index is 0.159. The number of nitriles is 1. The molecule has 1 unspecified atom stereocenters. The molecule has 1 atom stereocenters. The summed E-state index contributed by atoms with van der Waals surface area (Å²) in [6.07, 6.45) is 2.13. The number of aromatic nitrogens is 2. The molecule has 1 N–H and O–H groups in total. The summed E-state index contributed by atoms with van der Waals surface area (Å²) in [5, 5.41) is 10.5. The van der Waals surface area contributed by atoms with Crippen molar-refractivity contribution in [2.24, 2.45) is 0 Å². The molecular formula is C11H14BrN3O2S2. The Morgan fingerprint density at radius 3 is 2.95 bits per heavy atom. The number of carbonyl (C=O) groups excluding carboxylic acids is 1. The molecule has 0 bridgehead atoms. The molecule has 0 saturated carbocycles. The molecule has 0 saturated heterocycles. The first-order valence-electron chi connectivity index (χ1n) is 5.57. The molecule has 1 heterocycles. The zero-order chi connectivity index (χ0) is 14.5. The maximum atomic E-state index is 11.5. The molecule has 0 fully saturated rings. The van der Waals surface area contributed by atoms with Gasteiger partial charge in [-0.3, -0.25) is 4.79 Å². The number of H-pyrrole nitrogens is 1. The molecule has 1 aromatic heterocycles. The van der Waals surface area contributed by atoms with E-state index in [1.165, 1.54) is 0 Å². The summed E-state index contributed by atoms with van der Waals surface area (Å²) < 4.78 is 6.97. The summed E-state index contributed by atoms with van der Waals surface area (Å²) in [7, 11) is 0. The summed E-state index contributed by atoms with van der Waals surface area (Å²) in [5.41, 5.74) is -0.901. The fourth-order valence-corrected chi connectivity index (χ4v) is 2.37.